The number of carbonyl (C=O) groups is 1. The van der Waals surface area contributed by atoms with Crippen molar-refractivity contribution in [1.29, 1.82) is 0 Å². The smallest absolute Gasteiger partial charge is 0.290 e. The summed E-state index contributed by atoms with van der Waals surface area (Å²) >= 11 is 0. The van der Waals surface area contributed by atoms with Crippen molar-refractivity contribution < 1.29 is 23.4 Å². The van der Waals surface area contributed by atoms with Crippen molar-refractivity contribution in [3.8, 4) is 11.5 Å². The molecule has 0 saturated carbocycles. The summed E-state index contributed by atoms with van der Waals surface area (Å²) in [5, 5.41) is 0.485. The summed E-state index contributed by atoms with van der Waals surface area (Å²) in [7, 11) is 1.60. The molecular formula is C32H41NO6. The first kappa shape index (κ1) is 28.7. The Morgan fingerprint density at radius 2 is 1.72 bits per heavy atom. The van der Waals surface area contributed by atoms with Crippen LogP contribution in [0.3, 0.4) is 0 Å². The van der Waals surface area contributed by atoms with Crippen LogP contribution in [0.2, 0.25) is 0 Å². The number of nitrogens with zero attached hydrogens (tertiary/aromatic N) is 1. The second-order valence-electron chi connectivity index (χ2n) is 10.6. The van der Waals surface area contributed by atoms with Crippen molar-refractivity contribution in [1.82, 2.24) is 4.90 Å². The molecule has 1 aromatic heterocycles. The number of ether oxygens (including phenoxy) is 3. The third kappa shape index (κ3) is 6.14. The number of hydrogen-bond donors (Lipinski definition) is 0. The molecule has 39 heavy (non-hydrogen) atoms. The molecule has 4 rings (SSSR count). The van der Waals surface area contributed by atoms with Gasteiger partial charge in [0.1, 0.15) is 5.58 Å². The van der Waals surface area contributed by atoms with E-state index >= 15 is 0 Å². The van der Waals surface area contributed by atoms with E-state index in [9.17, 15) is 9.59 Å². The zero-order valence-electron chi connectivity index (χ0n) is 24.1. The van der Waals surface area contributed by atoms with Gasteiger partial charge in [0.05, 0.1) is 36.8 Å². The Bertz CT molecular complexity index is 1380. The predicted molar refractivity (Wildman–Crippen MR) is 153 cm³/mol. The summed E-state index contributed by atoms with van der Waals surface area (Å²) in [6.07, 6.45) is 5.19. The molecule has 7 nitrogen and oxygen atoms in total. The highest BCUT2D eigenvalue weighted by molar-refractivity contribution is 5.99. The van der Waals surface area contributed by atoms with E-state index in [1.165, 1.54) is 12.8 Å². The molecule has 1 amide bonds. The number of amides is 1. The van der Waals surface area contributed by atoms with Gasteiger partial charge in [-0.1, -0.05) is 32.3 Å². The number of carbonyl (C=O) groups excluding carboxylic acids is 1. The van der Waals surface area contributed by atoms with Gasteiger partial charge in [-0.2, -0.15) is 0 Å². The minimum atomic E-state index is -0.596. The average Bonchev–Trinajstić information content (AvgIpc) is 3.19. The lowest BCUT2D eigenvalue weighted by molar-refractivity contribution is 0.0593. The SMILES string of the molecule is CCCCCCOc1ccc(C2c3c(oc4cc(C)c(C)cc4c3=O)C(=O)N2CCCOC(C)C)cc1OC. The van der Waals surface area contributed by atoms with Crippen LogP contribution in [0.4, 0.5) is 0 Å². The first-order chi connectivity index (χ1) is 18.8. The van der Waals surface area contributed by atoms with Crippen molar-refractivity contribution in [2.24, 2.45) is 0 Å². The van der Waals surface area contributed by atoms with Crippen LogP contribution in [0.5, 0.6) is 11.5 Å². The lowest BCUT2D eigenvalue weighted by atomic mass is 9.97. The number of aryl methyl sites for hydroxylation is 2. The number of fused-ring (bicyclic) bond motifs is 2. The Morgan fingerprint density at radius 1 is 0.949 bits per heavy atom. The topological polar surface area (TPSA) is 78.2 Å². The Balaban J connectivity index is 1.74. The third-order valence-electron chi connectivity index (χ3n) is 7.34. The van der Waals surface area contributed by atoms with Gasteiger partial charge >= 0.3 is 0 Å². The molecule has 7 heteroatoms. The summed E-state index contributed by atoms with van der Waals surface area (Å²) in [5.74, 6) is 1.05. The van der Waals surface area contributed by atoms with Crippen molar-refractivity contribution >= 4 is 16.9 Å². The molecule has 0 saturated heterocycles. The van der Waals surface area contributed by atoms with Crippen LogP contribution in [0.25, 0.3) is 11.0 Å². The summed E-state index contributed by atoms with van der Waals surface area (Å²) in [5.41, 5.74) is 3.41. The van der Waals surface area contributed by atoms with E-state index in [2.05, 4.69) is 6.92 Å². The number of methoxy groups -OCH3 is 1. The molecule has 210 valence electrons. The van der Waals surface area contributed by atoms with Gasteiger partial charge in [0, 0.05) is 13.2 Å². The van der Waals surface area contributed by atoms with Crippen molar-refractivity contribution in [2.45, 2.75) is 78.9 Å². The monoisotopic (exact) mass is 535 g/mol. The highest BCUT2D eigenvalue weighted by Crippen LogP contribution is 2.41. The Morgan fingerprint density at radius 3 is 2.44 bits per heavy atom. The average molecular weight is 536 g/mol. The van der Waals surface area contributed by atoms with Crippen LogP contribution in [-0.4, -0.2) is 43.8 Å². The van der Waals surface area contributed by atoms with Gasteiger partial charge in [-0.3, -0.25) is 9.59 Å². The molecule has 1 atom stereocenters. The Kier molecular flexibility index (Phi) is 9.33. The summed E-state index contributed by atoms with van der Waals surface area (Å²) in [6, 6.07) is 8.75. The van der Waals surface area contributed by atoms with E-state index < -0.39 is 6.04 Å². The van der Waals surface area contributed by atoms with E-state index in [0.29, 0.717) is 54.2 Å². The van der Waals surface area contributed by atoms with Crippen molar-refractivity contribution in [3.63, 3.8) is 0 Å². The minimum Gasteiger partial charge on any atom is -0.493 e. The van der Waals surface area contributed by atoms with Gasteiger partial charge in [-0.25, -0.2) is 0 Å². The van der Waals surface area contributed by atoms with Gasteiger partial charge < -0.3 is 23.5 Å². The molecule has 2 aromatic carbocycles. The largest absolute Gasteiger partial charge is 0.493 e. The van der Waals surface area contributed by atoms with Gasteiger partial charge in [0.25, 0.3) is 5.91 Å². The first-order valence-electron chi connectivity index (χ1n) is 14.1. The summed E-state index contributed by atoms with van der Waals surface area (Å²) in [6.45, 7) is 11.6. The number of unbranched alkanes of at least 4 members (excludes halogenated alkanes) is 3. The standard InChI is InChI=1S/C32H41NO6/c1-7-8-9-10-15-38-25-13-12-23(19-27(25)36-6)29-28-30(34)24-17-21(4)22(5)18-26(24)39-31(28)32(35)33(29)14-11-16-37-20(2)3/h12-13,17-20,29H,7-11,14-16H2,1-6H3. The minimum absolute atomic E-state index is 0.103. The maximum absolute atomic E-state index is 13.9. The highest BCUT2D eigenvalue weighted by Gasteiger charge is 2.42. The number of rotatable bonds is 13. The van der Waals surface area contributed by atoms with E-state index in [4.69, 9.17) is 18.6 Å². The van der Waals surface area contributed by atoms with E-state index in [1.54, 1.807) is 12.0 Å². The molecule has 0 fully saturated rings. The Labute approximate surface area is 231 Å². The highest BCUT2D eigenvalue weighted by atomic mass is 16.5. The molecule has 1 aliphatic heterocycles. The predicted octanol–water partition coefficient (Wildman–Crippen LogP) is 6.74. The third-order valence-corrected chi connectivity index (χ3v) is 7.34. The van der Waals surface area contributed by atoms with E-state index in [-0.39, 0.29) is 23.2 Å². The molecule has 3 aromatic rings. The van der Waals surface area contributed by atoms with Crippen LogP contribution in [0, 0.1) is 13.8 Å². The zero-order chi connectivity index (χ0) is 28.1. The fourth-order valence-electron chi connectivity index (χ4n) is 5.09. The molecule has 0 radical (unpaired) electrons. The molecule has 1 aliphatic rings. The van der Waals surface area contributed by atoms with Crippen LogP contribution >= 0.6 is 0 Å². The van der Waals surface area contributed by atoms with Crippen molar-refractivity contribution in [2.75, 3.05) is 26.9 Å². The van der Waals surface area contributed by atoms with E-state index in [0.717, 1.165) is 29.5 Å². The molecule has 0 aliphatic carbocycles. The number of benzene rings is 2. The summed E-state index contributed by atoms with van der Waals surface area (Å²) in [4.78, 5) is 29.3. The maximum Gasteiger partial charge on any atom is 0.290 e. The normalized spacial score (nSPS) is 14.9. The molecule has 0 bridgehead atoms. The molecule has 0 N–H and O–H groups in total. The van der Waals surface area contributed by atoms with Gasteiger partial charge in [0.2, 0.25) is 5.76 Å². The number of hydrogen-bond acceptors (Lipinski definition) is 6. The Hall–Kier alpha value is -3.32. The van der Waals surface area contributed by atoms with Crippen LogP contribution < -0.4 is 14.9 Å². The maximum atomic E-state index is 13.9. The van der Waals surface area contributed by atoms with E-state index in [1.807, 2.05) is 58.0 Å². The van der Waals surface area contributed by atoms with Gasteiger partial charge in [0.15, 0.2) is 16.9 Å². The second-order valence-corrected chi connectivity index (χ2v) is 10.6. The van der Waals surface area contributed by atoms with Crippen LogP contribution in [0.15, 0.2) is 39.5 Å². The molecule has 0 spiro atoms. The molecule has 1 unspecified atom stereocenters. The zero-order valence-corrected chi connectivity index (χ0v) is 24.1. The fourth-order valence-corrected chi connectivity index (χ4v) is 5.09. The fraction of sp³-hybridized carbons (Fsp3) is 0.500. The van der Waals surface area contributed by atoms with Crippen LogP contribution in [-0.2, 0) is 4.74 Å². The van der Waals surface area contributed by atoms with Gasteiger partial charge in [-0.05, 0) is 81.5 Å². The van der Waals surface area contributed by atoms with Crippen LogP contribution in [0.1, 0.15) is 91.7 Å². The second kappa shape index (κ2) is 12.7. The quantitative estimate of drug-likeness (QED) is 0.226. The molecule has 2 heterocycles. The lowest BCUT2D eigenvalue weighted by Crippen LogP contribution is -2.31. The summed E-state index contributed by atoms with van der Waals surface area (Å²) < 4.78 is 23.6. The molecular weight excluding hydrogens is 494 g/mol. The van der Waals surface area contributed by atoms with Crippen molar-refractivity contribution in [3.05, 3.63) is 68.6 Å². The first-order valence-corrected chi connectivity index (χ1v) is 14.1. The lowest BCUT2D eigenvalue weighted by Gasteiger charge is -2.26. The van der Waals surface area contributed by atoms with Gasteiger partial charge in [-0.15, -0.1) is 0 Å².